The Hall–Kier alpha value is -3.15. The number of nitrogens with one attached hydrogen (secondary N) is 1. The molecular formula is C23H29F3N6O3. The van der Waals surface area contributed by atoms with Gasteiger partial charge in [-0.25, -0.2) is 0 Å². The van der Waals surface area contributed by atoms with E-state index >= 15 is 0 Å². The monoisotopic (exact) mass is 494 g/mol. The van der Waals surface area contributed by atoms with Crippen LogP contribution in [0.25, 0.3) is 0 Å². The molecule has 0 saturated carbocycles. The van der Waals surface area contributed by atoms with Gasteiger partial charge in [0.05, 0.1) is 6.61 Å². The lowest BCUT2D eigenvalue weighted by atomic mass is 9.89. The number of benzene rings is 1. The number of hydrogen-bond donors (Lipinski definition) is 1. The Morgan fingerprint density at radius 3 is 2.54 bits per heavy atom. The zero-order valence-electron chi connectivity index (χ0n) is 19.7. The Morgan fingerprint density at radius 2 is 1.89 bits per heavy atom. The standard InChI is InChI=1S/C23H29F3N6O3/c1-15(21(33)27-11-14-34-2)35-18-5-3-16(4-6-18)17-9-12-31(13-10-17)20-8-7-19-28-29-22(23(24,25)26)32(19)30-20/h3-6,15,17H,7-14H2,1-2H3,(H,27,33). The van der Waals surface area contributed by atoms with E-state index in [0.717, 1.165) is 17.5 Å². The number of fused-ring (bicyclic) bond motifs is 1. The molecule has 1 fully saturated rings. The molecule has 0 spiro atoms. The molecule has 1 amide bonds. The Kier molecular flexibility index (Phi) is 7.58. The van der Waals surface area contributed by atoms with E-state index in [1.807, 2.05) is 24.3 Å². The summed E-state index contributed by atoms with van der Waals surface area (Å²) in [5.74, 6) is 0.536. The summed E-state index contributed by atoms with van der Waals surface area (Å²) in [6, 6.07) is 7.72. The van der Waals surface area contributed by atoms with Gasteiger partial charge in [-0.05, 0) is 43.4 Å². The van der Waals surface area contributed by atoms with Crippen LogP contribution in [0.3, 0.4) is 0 Å². The van der Waals surface area contributed by atoms with Crippen molar-refractivity contribution in [3.63, 3.8) is 0 Å². The topological polar surface area (TPSA) is 93.9 Å². The summed E-state index contributed by atoms with van der Waals surface area (Å²) >= 11 is 0. The smallest absolute Gasteiger partial charge is 0.453 e. The summed E-state index contributed by atoms with van der Waals surface area (Å²) < 4.78 is 51.0. The normalized spacial score (nSPS) is 17.5. The lowest BCUT2D eigenvalue weighted by Gasteiger charge is -2.35. The highest BCUT2D eigenvalue weighted by Gasteiger charge is 2.40. The number of ether oxygens (including phenoxy) is 2. The maximum absolute atomic E-state index is 13.2. The molecule has 12 heteroatoms. The highest BCUT2D eigenvalue weighted by molar-refractivity contribution is 5.83. The number of aryl methyl sites for hydroxylation is 1. The first kappa shape index (κ1) is 25.0. The number of piperidine rings is 1. The van der Waals surface area contributed by atoms with Crippen LogP contribution < -0.4 is 10.1 Å². The van der Waals surface area contributed by atoms with Gasteiger partial charge in [0.1, 0.15) is 11.6 Å². The average Bonchev–Trinajstić information content (AvgIpc) is 3.29. The van der Waals surface area contributed by atoms with Crippen molar-refractivity contribution in [1.82, 2.24) is 25.1 Å². The molecule has 35 heavy (non-hydrogen) atoms. The van der Waals surface area contributed by atoms with E-state index in [1.165, 1.54) is 5.56 Å². The largest absolute Gasteiger partial charge is 0.481 e. The molecule has 2 aliphatic heterocycles. The molecule has 1 saturated heterocycles. The first-order valence-electron chi connectivity index (χ1n) is 11.6. The number of alkyl halides is 3. The van der Waals surface area contributed by atoms with Crippen LogP contribution in [0.1, 0.15) is 49.3 Å². The molecule has 0 radical (unpaired) electrons. The van der Waals surface area contributed by atoms with Gasteiger partial charge in [-0.1, -0.05) is 12.1 Å². The minimum Gasteiger partial charge on any atom is -0.481 e. The van der Waals surface area contributed by atoms with E-state index in [4.69, 9.17) is 9.47 Å². The van der Waals surface area contributed by atoms with Crippen LogP contribution in [0.2, 0.25) is 0 Å². The van der Waals surface area contributed by atoms with E-state index in [-0.39, 0.29) is 11.7 Å². The van der Waals surface area contributed by atoms with Crippen molar-refractivity contribution in [2.75, 3.05) is 33.4 Å². The number of halogens is 3. The molecular weight excluding hydrogens is 465 g/mol. The molecule has 0 bridgehead atoms. The Balaban J connectivity index is 1.31. The third-order valence-electron chi connectivity index (χ3n) is 6.25. The third kappa shape index (κ3) is 5.92. The highest BCUT2D eigenvalue weighted by Crippen LogP contribution is 2.32. The van der Waals surface area contributed by atoms with Crippen molar-refractivity contribution in [2.45, 2.75) is 50.8 Å². The molecule has 1 N–H and O–H groups in total. The second-order valence-corrected chi connectivity index (χ2v) is 8.64. The number of aromatic nitrogens is 3. The van der Waals surface area contributed by atoms with Crippen LogP contribution >= 0.6 is 0 Å². The van der Waals surface area contributed by atoms with Gasteiger partial charge in [0, 0.05) is 39.6 Å². The van der Waals surface area contributed by atoms with Gasteiger partial charge in [0.2, 0.25) is 0 Å². The zero-order chi connectivity index (χ0) is 25.0. The van der Waals surface area contributed by atoms with Crippen molar-refractivity contribution in [3.05, 3.63) is 41.5 Å². The first-order chi connectivity index (χ1) is 16.8. The molecule has 4 rings (SSSR count). The van der Waals surface area contributed by atoms with Crippen LogP contribution in [0.4, 0.5) is 13.2 Å². The van der Waals surface area contributed by atoms with Crippen LogP contribution in [-0.4, -0.2) is 71.0 Å². The number of rotatable bonds is 7. The van der Waals surface area contributed by atoms with Gasteiger partial charge in [-0.15, -0.1) is 10.2 Å². The predicted molar refractivity (Wildman–Crippen MR) is 121 cm³/mol. The number of nitrogens with zero attached hydrogens (tertiary/aromatic N) is 5. The number of amides is 1. The SMILES string of the molecule is COCCNC(=O)C(C)Oc1ccc(C2CCN(C3=Nn4c(nnc4C(F)(F)F)CC3)CC2)cc1. The molecule has 9 nitrogen and oxygen atoms in total. The van der Waals surface area contributed by atoms with E-state index in [2.05, 4.69) is 25.5 Å². The Bertz CT molecular complexity index is 1050. The fourth-order valence-electron chi connectivity index (χ4n) is 4.33. The molecule has 1 atom stereocenters. The number of amidine groups is 1. The second-order valence-electron chi connectivity index (χ2n) is 8.64. The van der Waals surface area contributed by atoms with Gasteiger partial charge in [0.25, 0.3) is 11.7 Å². The van der Waals surface area contributed by atoms with Gasteiger partial charge >= 0.3 is 6.18 Å². The molecule has 1 aromatic heterocycles. The second kappa shape index (κ2) is 10.6. The Labute approximate surface area is 201 Å². The first-order valence-corrected chi connectivity index (χ1v) is 11.6. The summed E-state index contributed by atoms with van der Waals surface area (Å²) in [5.41, 5.74) is 1.17. The highest BCUT2D eigenvalue weighted by atomic mass is 19.4. The number of carbonyl (C=O) groups excluding carboxylic acids is 1. The predicted octanol–water partition coefficient (Wildman–Crippen LogP) is 2.81. The molecule has 3 heterocycles. The minimum atomic E-state index is -4.59. The van der Waals surface area contributed by atoms with Gasteiger partial charge in [-0.3, -0.25) is 4.79 Å². The van der Waals surface area contributed by atoms with E-state index in [9.17, 15) is 18.0 Å². The molecule has 1 unspecified atom stereocenters. The van der Waals surface area contributed by atoms with Gasteiger partial charge < -0.3 is 19.7 Å². The lowest BCUT2D eigenvalue weighted by molar-refractivity contribution is -0.147. The van der Waals surface area contributed by atoms with Crippen LogP contribution in [0.5, 0.6) is 5.75 Å². The van der Waals surface area contributed by atoms with Gasteiger partial charge in [0.15, 0.2) is 11.9 Å². The molecule has 0 aliphatic carbocycles. The molecule has 2 aliphatic rings. The van der Waals surface area contributed by atoms with E-state index in [1.54, 1.807) is 14.0 Å². The minimum absolute atomic E-state index is 0.204. The van der Waals surface area contributed by atoms with Crippen molar-refractivity contribution >= 4 is 11.7 Å². The quantitative estimate of drug-likeness (QED) is 0.595. The summed E-state index contributed by atoms with van der Waals surface area (Å²) in [6.07, 6.45) is -2.57. The Morgan fingerprint density at radius 1 is 1.17 bits per heavy atom. The average molecular weight is 495 g/mol. The molecule has 1 aromatic carbocycles. The van der Waals surface area contributed by atoms with Crippen molar-refractivity contribution in [3.8, 4) is 5.75 Å². The maximum atomic E-state index is 13.2. The van der Waals surface area contributed by atoms with E-state index < -0.39 is 18.1 Å². The van der Waals surface area contributed by atoms with Crippen molar-refractivity contribution in [1.29, 1.82) is 0 Å². The number of likely N-dealkylation sites (tertiary alicyclic amines) is 1. The van der Waals surface area contributed by atoms with E-state index in [0.29, 0.717) is 56.6 Å². The lowest BCUT2D eigenvalue weighted by Crippen LogP contribution is -2.40. The summed E-state index contributed by atoms with van der Waals surface area (Å²) in [4.78, 5) is 14.1. The molecule has 190 valence electrons. The number of carbonyl (C=O) groups is 1. The summed E-state index contributed by atoms with van der Waals surface area (Å²) in [5, 5.41) is 13.9. The summed E-state index contributed by atoms with van der Waals surface area (Å²) in [6.45, 7) is 3.98. The zero-order valence-corrected chi connectivity index (χ0v) is 19.7. The number of hydrogen-bond acceptors (Lipinski definition) is 7. The third-order valence-corrected chi connectivity index (χ3v) is 6.25. The van der Waals surface area contributed by atoms with Crippen LogP contribution in [0, 0.1) is 0 Å². The van der Waals surface area contributed by atoms with Gasteiger partial charge in [-0.2, -0.15) is 22.9 Å². The van der Waals surface area contributed by atoms with Crippen molar-refractivity contribution < 1.29 is 27.4 Å². The molecule has 2 aromatic rings. The summed E-state index contributed by atoms with van der Waals surface area (Å²) in [7, 11) is 1.57. The maximum Gasteiger partial charge on any atom is 0.453 e. The van der Waals surface area contributed by atoms with Crippen LogP contribution in [-0.2, 0) is 22.1 Å². The van der Waals surface area contributed by atoms with Crippen LogP contribution in [0.15, 0.2) is 29.4 Å². The fourth-order valence-corrected chi connectivity index (χ4v) is 4.33. The van der Waals surface area contributed by atoms with Crippen molar-refractivity contribution in [2.24, 2.45) is 5.10 Å². The number of methoxy groups -OCH3 is 1. The fraction of sp³-hybridized carbons (Fsp3) is 0.565.